The molecule has 1 aromatic heterocycles. The molecule has 10 heteroatoms. The van der Waals surface area contributed by atoms with Crippen LogP contribution in [-0.2, 0) is 26.5 Å². The van der Waals surface area contributed by atoms with Gasteiger partial charge < -0.3 is 5.32 Å². The molecular weight excluding hydrogens is 370 g/mol. The molecule has 24 heavy (non-hydrogen) atoms. The van der Waals surface area contributed by atoms with Gasteiger partial charge in [-0.2, -0.15) is 4.31 Å². The first-order valence-corrected chi connectivity index (χ1v) is 11.9. The number of hydrogen-bond donors (Lipinski definition) is 2. The van der Waals surface area contributed by atoms with Crippen molar-refractivity contribution in [2.24, 2.45) is 0 Å². The van der Waals surface area contributed by atoms with Crippen LogP contribution in [0, 0.1) is 0 Å². The lowest BCUT2D eigenvalue weighted by Gasteiger charge is -2.30. The van der Waals surface area contributed by atoms with Gasteiger partial charge in [-0.3, -0.25) is 0 Å². The molecule has 138 valence electrons. The third kappa shape index (κ3) is 4.99. The lowest BCUT2D eigenvalue weighted by molar-refractivity contribution is 0.299. The SMILES string of the molecule is CCS(=O)(=O)NCCc1ccc(S(=O)(=O)N2CCC(NC)CC2)s1. The normalized spacial score (nSPS) is 18.1. The van der Waals surface area contributed by atoms with Gasteiger partial charge in [0.05, 0.1) is 5.75 Å². The number of hydrogen-bond acceptors (Lipinski definition) is 6. The number of sulfonamides is 2. The van der Waals surface area contributed by atoms with Crippen molar-refractivity contribution in [3.8, 4) is 0 Å². The summed E-state index contributed by atoms with van der Waals surface area (Å²) in [6.45, 7) is 2.91. The Hall–Kier alpha value is -0.520. The molecule has 7 nitrogen and oxygen atoms in total. The fourth-order valence-corrected chi connectivity index (χ4v) is 6.17. The minimum atomic E-state index is -3.45. The highest BCUT2D eigenvalue weighted by Gasteiger charge is 2.29. The summed E-state index contributed by atoms with van der Waals surface area (Å²) in [4.78, 5) is 0.859. The number of thiophene rings is 1. The van der Waals surface area contributed by atoms with Gasteiger partial charge >= 0.3 is 0 Å². The van der Waals surface area contributed by atoms with E-state index in [4.69, 9.17) is 0 Å². The quantitative estimate of drug-likeness (QED) is 0.672. The third-order valence-corrected chi connectivity index (χ3v) is 9.08. The molecule has 1 aliphatic heterocycles. The number of nitrogens with one attached hydrogen (secondary N) is 2. The molecule has 0 amide bonds. The molecule has 0 bridgehead atoms. The molecule has 2 N–H and O–H groups in total. The first kappa shape index (κ1) is 19.8. The Labute approximate surface area is 148 Å². The summed E-state index contributed by atoms with van der Waals surface area (Å²) in [5.74, 6) is 0.0413. The zero-order valence-electron chi connectivity index (χ0n) is 14.0. The molecule has 0 atom stereocenters. The van der Waals surface area contributed by atoms with Crippen LogP contribution in [0.3, 0.4) is 0 Å². The van der Waals surface area contributed by atoms with E-state index in [2.05, 4.69) is 10.0 Å². The zero-order valence-corrected chi connectivity index (χ0v) is 16.4. The van der Waals surface area contributed by atoms with Crippen LogP contribution in [0.1, 0.15) is 24.6 Å². The Morgan fingerprint density at radius 3 is 2.46 bits per heavy atom. The standard InChI is InChI=1S/C14H25N3O4S3/c1-3-23(18,19)16-9-6-13-4-5-14(22-13)24(20,21)17-10-7-12(15-2)8-11-17/h4-5,12,15-16H,3,6-11H2,1-2H3. The maximum absolute atomic E-state index is 12.7. The molecular formula is C14H25N3O4S3. The Kier molecular flexibility index (Phi) is 6.80. The van der Waals surface area contributed by atoms with Crippen LogP contribution in [-0.4, -0.2) is 59.6 Å². The molecule has 0 unspecified atom stereocenters. The van der Waals surface area contributed by atoms with Crippen LogP contribution in [0.15, 0.2) is 16.3 Å². The highest BCUT2D eigenvalue weighted by molar-refractivity contribution is 7.91. The average molecular weight is 396 g/mol. The van der Waals surface area contributed by atoms with Crippen LogP contribution in [0.25, 0.3) is 0 Å². The molecule has 1 fully saturated rings. The molecule has 0 radical (unpaired) electrons. The molecule has 0 aliphatic carbocycles. The maximum Gasteiger partial charge on any atom is 0.252 e. The number of piperidine rings is 1. The molecule has 0 saturated carbocycles. The van der Waals surface area contributed by atoms with Gasteiger partial charge in [0.15, 0.2) is 0 Å². The van der Waals surface area contributed by atoms with Crippen molar-refractivity contribution < 1.29 is 16.8 Å². The molecule has 0 aromatic carbocycles. The fraction of sp³-hybridized carbons (Fsp3) is 0.714. The Morgan fingerprint density at radius 1 is 1.21 bits per heavy atom. The van der Waals surface area contributed by atoms with Crippen molar-refractivity contribution in [1.82, 2.24) is 14.3 Å². The topological polar surface area (TPSA) is 95.6 Å². The first-order chi connectivity index (χ1) is 11.3. The highest BCUT2D eigenvalue weighted by atomic mass is 32.2. The largest absolute Gasteiger partial charge is 0.317 e. The smallest absolute Gasteiger partial charge is 0.252 e. The molecule has 2 heterocycles. The van der Waals surface area contributed by atoms with Gasteiger partial charge in [-0.1, -0.05) is 0 Å². The molecule has 1 aromatic rings. The Morgan fingerprint density at radius 2 is 1.88 bits per heavy atom. The molecule has 2 rings (SSSR count). The average Bonchev–Trinajstić information content (AvgIpc) is 3.04. The van der Waals surface area contributed by atoms with Crippen molar-refractivity contribution >= 4 is 31.4 Å². The van der Waals surface area contributed by atoms with Crippen LogP contribution in [0.2, 0.25) is 0 Å². The van der Waals surface area contributed by atoms with E-state index < -0.39 is 20.0 Å². The Balaban J connectivity index is 1.96. The van der Waals surface area contributed by atoms with Crippen LogP contribution < -0.4 is 10.0 Å². The van der Waals surface area contributed by atoms with E-state index in [1.807, 2.05) is 7.05 Å². The highest BCUT2D eigenvalue weighted by Crippen LogP contribution is 2.27. The molecule has 1 saturated heterocycles. The van der Waals surface area contributed by atoms with E-state index in [1.165, 1.54) is 15.6 Å². The van der Waals surface area contributed by atoms with Gasteiger partial charge in [0.25, 0.3) is 10.0 Å². The van der Waals surface area contributed by atoms with Gasteiger partial charge in [0.2, 0.25) is 10.0 Å². The third-order valence-electron chi connectivity index (χ3n) is 4.17. The Bertz CT molecular complexity index is 735. The summed E-state index contributed by atoms with van der Waals surface area (Å²) in [5, 5.41) is 3.18. The first-order valence-electron chi connectivity index (χ1n) is 8.02. The van der Waals surface area contributed by atoms with E-state index in [9.17, 15) is 16.8 Å². The lowest BCUT2D eigenvalue weighted by Crippen LogP contribution is -2.43. The van der Waals surface area contributed by atoms with Crippen LogP contribution in [0.4, 0.5) is 0 Å². The van der Waals surface area contributed by atoms with Gasteiger partial charge in [0, 0.05) is 30.6 Å². The van der Waals surface area contributed by atoms with E-state index in [1.54, 1.807) is 19.1 Å². The van der Waals surface area contributed by atoms with E-state index in [0.717, 1.165) is 17.7 Å². The van der Waals surface area contributed by atoms with Gasteiger partial charge in [-0.05, 0) is 45.4 Å². The van der Waals surface area contributed by atoms with Crippen molar-refractivity contribution in [3.05, 3.63) is 17.0 Å². The lowest BCUT2D eigenvalue weighted by atomic mass is 10.1. The van der Waals surface area contributed by atoms with E-state index in [-0.39, 0.29) is 12.3 Å². The van der Waals surface area contributed by atoms with E-state index in [0.29, 0.717) is 29.8 Å². The summed E-state index contributed by atoms with van der Waals surface area (Å²) < 4.78 is 52.5. The summed E-state index contributed by atoms with van der Waals surface area (Å²) in [7, 11) is -4.76. The summed E-state index contributed by atoms with van der Waals surface area (Å²) in [6.07, 6.45) is 2.11. The number of rotatable bonds is 8. The molecule has 0 spiro atoms. The predicted octanol–water partition coefficient (Wildman–Crippen LogP) is 0.602. The van der Waals surface area contributed by atoms with Crippen molar-refractivity contribution in [3.63, 3.8) is 0 Å². The number of nitrogens with zero attached hydrogens (tertiary/aromatic N) is 1. The monoisotopic (exact) mass is 395 g/mol. The minimum Gasteiger partial charge on any atom is -0.317 e. The second kappa shape index (κ2) is 8.24. The zero-order chi connectivity index (χ0) is 17.8. The summed E-state index contributed by atoms with van der Waals surface area (Å²) >= 11 is 1.22. The van der Waals surface area contributed by atoms with Crippen molar-refractivity contribution in [2.45, 2.75) is 36.4 Å². The van der Waals surface area contributed by atoms with Crippen LogP contribution in [0.5, 0.6) is 0 Å². The molecule has 1 aliphatic rings. The van der Waals surface area contributed by atoms with Gasteiger partial charge in [-0.15, -0.1) is 11.3 Å². The van der Waals surface area contributed by atoms with Crippen LogP contribution >= 0.6 is 11.3 Å². The fourth-order valence-electron chi connectivity index (χ4n) is 2.58. The maximum atomic E-state index is 12.7. The second-order valence-electron chi connectivity index (χ2n) is 5.74. The minimum absolute atomic E-state index is 0.0413. The van der Waals surface area contributed by atoms with Crippen molar-refractivity contribution in [2.75, 3.05) is 32.4 Å². The predicted molar refractivity (Wildman–Crippen MR) is 96.3 cm³/mol. The second-order valence-corrected chi connectivity index (χ2v) is 11.2. The van der Waals surface area contributed by atoms with Gasteiger partial charge in [-0.25, -0.2) is 21.6 Å². The van der Waals surface area contributed by atoms with Crippen molar-refractivity contribution in [1.29, 1.82) is 0 Å². The summed E-state index contributed by atoms with van der Waals surface area (Å²) in [5.41, 5.74) is 0. The van der Waals surface area contributed by atoms with Gasteiger partial charge in [0.1, 0.15) is 4.21 Å². The summed E-state index contributed by atoms with van der Waals surface area (Å²) in [6, 6.07) is 3.76. The van der Waals surface area contributed by atoms with E-state index >= 15 is 0 Å².